The summed E-state index contributed by atoms with van der Waals surface area (Å²) in [4.78, 5) is 22.5. The summed E-state index contributed by atoms with van der Waals surface area (Å²) in [5, 5.41) is 0. The molecule has 0 saturated carbocycles. The van der Waals surface area contributed by atoms with Crippen LogP contribution in [-0.4, -0.2) is 17.7 Å². The van der Waals surface area contributed by atoms with Gasteiger partial charge >= 0.3 is 6.18 Å². The number of carbonyl (C=O) groups is 2. The van der Waals surface area contributed by atoms with E-state index in [1.54, 1.807) is 12.1 Å². The topological polar surface area (TPSA) is 34.1 Å². The highest BCUT2D eigenvalue weighted by atomic mass is 19.4. The van der Waals surface area contributed by atoms with Gasteiger partial charge in [0.15, 0.2) is 5.78 Å². The van der Waals surface area contributed by atoms with Crippen LogP contribution in [0.15, 0.2) is 24.3 Å². The van der Waals surface area contributed by atoms with Gasteiger partial charge in [0.05, 0.1) is 6.42 Å². The van der Waals surface area contributed by atoms with Crippen LogP contribution < -0.4 is 0 Å². The second-order valence-corrected chi connectivity index (χ2v) is 6.09. The fourth-order valence-corrected chi connectivity index (χ4v) is 2.49. The molecule has 1 aromatic carbocycles. The van der Waals surface area contributed by atoms with Crippen LogP contribution in [0.25, 0.3) is 0 Å². The molecule has 0 radical (unpaired) electrons. The van der Waals surface area contributed by atoms with Crippen LogP contribution in [0, 0.1) is 0 Å². The number of hydrogen-bond acceptors (Lipinski definition) is 2. The Morgan fingerprint density at radius 2 is 1.42 bits per heavy atom. The molecule has 0 aromatic heterocycles. The number of aryl methyl sites for hydroxylation is 1. The van der Waals surface area contributed by atoms with Crippen LogP contribution in [0.3, 0.4) is 0 Å². The lowest BCUT2D eigenvalue weighted by Crippen LogP contribution is -2.25. The van der Waals surface area contributed by atoms with E-state index in [9.17, 15) is 22.8 Å². The molecule has 0 N–H and O–H groups in total. The number of carbonyl (C=O) groups excluding carboxylic acids is 2. The van der Waals surface area contributed by atoms with E-state index in [1.807, 2.05) is 0 Å². The van der Waals surface area contributed by atoms with Gasteiger partial charge in [0.2, 0.25) is 5.78 Å². The molecule has 5 heteroatoms. The molecular formula is C19H25F3O2. The smallest absolute Gasteiger partial charge is 0.294 e. The van der Waals surface area contributed by atoms with Crippen LogP contribution in [0.5, 0.6) is 0 Å². The molecule has 0 bridgehead atoms. The largest absolute Gasteiger partial charge is 0.450 e. The molecule has 24 heavy (non-hydrogen) atoms. The summed E-state index contributed by atoms with van der Waals surface area (Å²) < 4.78 is 36.5. The van der Waals surface area contributed by atoms with Crippen LogP contribution in [0.4, 0.5) is 13.2 Å². The number of Topliss-reactive ketones (excluding diaryl/α,β-unsaturated/α-hetero) is 2. The minimum absolute atomic E-state index is 0.149. The van der Waals surface area contributed by atoms with E-state index in [4.69, 9.17) is 0 Å². The Balaban J connectivity index is 2.35. The molecule has 1 rings (SSSR count). The van der Waals surface area contributed by atoms with Crippen molar-refractivity contribution in [3.8, 4) is 0 Å². The van der Waals surface area contributed by atoms with Gasteiger partial charge in [-0.3, -0.25) is 9.59 Å². The van der Waals surface area contributed by atoms with E-state index in [0.29, 0.717) is 0 Å². The first-order chi connectivity index (χ1) is 11.3. The van der Waals surface area contributed by atoms with Crippen molar-refractivity contribution in [3.05, 3.63) is 35.4 Å². The average Bonchev–Trinajstić information content (AvgIpc) is 2.53. The number of alkyl halides is 3. The number of benzene rings is 1. The zero-order chi connectivity index (χ0) is 18.0. The molecule has 0 spiro atoms. The highest BCUT2D eigenvalue weighted by Crippen LogP contribution is 2.19. The molecule has 1 aromatic rings. The first-order valence-corrected chi connectivity index (χ1v) is 8.56. The molecule has 2 nitrogen and oxygen atoms in total. The van der Waals surface area contributed by atoms with Crippen molar-refractivity contribution in [2.45, 2.75) is 70.9 Å². The lowest BCUT2D eigenvalue weighted by atomic mass is 10.0. The first-order valence-electron chi connectivity index (χ1n) is 8.56. The third-order valence-electron chi connectivity index (χ3n) is 3.98. The van der Waals surface area contributed by atoms with Gasteiger partial charge in [0.25, 0.3) is 0 Å². The van der Waals surface area contributed by atoms with Crippen molar-refractivity contribution < 1.29 is 22.8 Å². The molecule has 0 aliphatic heterocycles. The highest BCUT2D eigenvalue weighted by molar-refractivity contribution is 6.09. The molecule has 0 aliphatic rings. The molecule has 0 saturated heterocycles. The Labute approximate surface area is 141 Å². The van der Waals surface area contributed by atoms with Gasteiger partial charge in [0.1, 0.15) is 0 Å². The predicted molar refractivity (Wildman–Crippen MR) is 88.1 cm³/mol. The second kappa shape index (κ2) is 10.3. The normalized spacial score (nSPS) is 11.5. The zero-order valence-corrected chi connectivity index (χ0v) is 14.1. The summed E-state index contributed by atoms with van der Waals surface area (Å²) in [7, 11) is 0. The van der Waals surface area contributed by atoms with Crippen LogP contribution in [-0.2, 0) is 11.2 Å². The molecule has 0 unspecified atom stereocenters. The van der Waals surface area contributed by atoms with Gasteiger partial charge in [0, 0.05) is 5.56 Å². The number of unbranched alkanes of at least 4 members (excludes halogenated alkanes) is 6. The van der Waals surface area contributed by atoms with Crippen LogP contribution in [0.1, 0.15) is 74.2 Å². The van der Waals surface area contributed by atoms with E-state index in [1.165, 1.54) is 44.2 Å². The fraction of sp³-hybridized carbons (Fsp3) is 0.579. The van der Waals surface area contributed by atoms with Gasteiger partial charge in [-0.1, -0.05) is 69.7 Å². The minimum Gasteiger partial charge on any atom is -0.294 e. The van der Waals surface area contributed by atoms with Gasteiger partial charge in [-0.15, -0.1) is 0 Å². The lowest BCUT2D eigenvalue weighted by Gasteiger charge is -2.06. The maximum absolute atomic E-state index is 12.2. The molecular weight excluding hydrogens is 317 g/mol. The minimum atomic E-state index is -4.95. The van der Waals surface area contributed by atoms with E-state index < -0.39 is 24.2 Å². The molecule has 134 valence electrons. The number of hydrogen-bond donors (Lipinski definition) is 0. The maximum atomic E-state index is 12.2. The second-order valence-electron chi connectivity index (χ2n) is 6.09. The van der Waals surface area contributed by atoms with Crippen molar-refractivity contribution in [2.75, 3.05) is 0 Å². The Morgan fingerprint density at radius 3 is 1.96 bits per heavy atom. The standard InChI is InChI=1S/C19H25F3O2/c1-2-3-4-5-6-7-8-9-15-10-12-16(13-11-15)17(23)14-18(24)19(20,21)22/h10-13H,2-9,14H2,1H3. The Hall–Kier alpha value is -1.65. The number of ketones is 2. The third-order valence-corrected chi connectivity index (χ3v) is 3.98. The van der Waals surface area contributed by atoms with Crippen LogP contribution in [0.2, 0.25) is 0 Å². The Bertz CT molecular complexity index is 518. The van der Waals surface area contributed by atoms with E-state index >= 15 is 0 Å². The van der Waals surface area contributed by atoms with Crippen molar-refractivity contribution in [2.24, 2.45) is 0 Å². The predicted octanol–water partition coefficient (Wildman–Crippen LogP) is 5.68. The summed E-state index contributed by atoms with van der Waals surface area (Å²) in [6, 6.07) is 6.51. The SMILES string of the molecule is CCCCCCCCCc1ccc(C(=O)CC(=O)C(F)(F)F)cc1. The first kappa shape index (κ1) is 20.4. The van der Waals surface area contributed by atoms with Crippen molar-refractivity contribution in [3.63, 3.8) is 0 Å². The Morgan fingerprint density at radius 1 is 0.875 bits per heavy atom. The molecule has 0 heterocycles. The monoisotopic (exact) mass is 342 g/mol. The molecule has 0 amide bonds. The van der Waals surface area contributed by atoms with Crippen molar-refractivity contribution in [1.29, 1.82) is 0 Å². The molecule has 0 fully saturated rings. The van der Waals surface area contributed by atoms with E-state index in [-0.39, 0.29) is 5.56 Å². The number of halogens is 3. The van der Waals surface area contributed by atoms with Gasteiger partial charge < -0.3 is 0 Å². The summed E-state index contributed by atoms with van der Waals surface area (Å²) in [6.07, 6.45) is 3.31. The zero-order valence-electron chi connectivity index (χ0n) is 14.1. The third kappa shape index (κ3) is 7.75. The Kier molecular flexibility index (Phi) is 8.72. The lowest BCUT2D eigenvalue weighted by molar-refractivity contribution is -0.170. The summed E-state index contributed by atoms with van der Waals surface area (Å²) in [5.41, 5.74) is 1.21. The maximum Gasteiger partial charge on any atom is 0.450 e. The van der Waals surface area contributed by atoms with Crippen molar-refractivity contribution in [1.82, 2.24) is 0 Å². The fourth-order valence-electron chi connectivity index (χ4n) is 2.49. The highest BCUT2D eigenvalue weighted by Gasteiger charge is 2.39. The van der Waals surface area contributed by atoms with E-state index in [0.717, 1.165) is 24.8 Å². The van der Waals surface area contributed by atoms with Gasteiger partial charge in [-0.25, -0.2) is 0 Å². The molecule has 0 aliphatic carbocycles. The average molecular weight is 342 g/mol. The quantitative estimate of drug-likeness (QED) is 0.294. The summed E-state index contributed by atoms with van der Waals surface area (Å²) in [5.74, 6) is -2.79. The number of rotatable bonds is 11. The summed E-state index contributed by atoms with van der Waals surface area (Å²) in [6.45, 7) is 2.19. The molecule has 0 atom stereocenters. The van der Waals surface area contributed by atoms with Crippen LogP contribution >= 0.6 is 0 Å². The van der Waals surface area contributed by atoms with Crippen molar-refractivity contribution >= 4 is 11.6 Å². The van der Waals surface area contributed by atoms with Gasteiger partial charge in [-0.05, 0) is 18.4 Å². The van der Waals surface area contributed by atoms with Gasteiger partial charge in [-0.2, -0.15) is 13.2 Å². The van der Waals surface area contributed by atoms with E-state index in [2.05, 4.69) is 6.92 Å². The summed E-state index contributed by atoms with van der Waals surface area (Å²) >= 11 is 0.